The lowest BCUT2D eigenvalue weighted by Gasteiger charge is -2.20. The molecule has 0 bridgehead atoms. The molecule has 0 fully saturated rings. The van der Waals surface area contributed by atoms with Crippen LogP contribution in [0, 0.1) is 0 Å². The summed E-state index contributed by atoms with van der Waals surface area (Å²) < 4.78 is 4.63. The van der Waals surface area contributed by atoms with E-state index in [2.05, 4.69) is 209 Å². The Kier molecular flexibility index (Phi) is 7.52. The first-order chi connectivity index (χ1) is 27.8. The first-order valence-electron chi connectivity index (χ1n) is 19.2. The van der Waals surface area contributed by atoms with Crippen molar-refractivity contribution < 1.29 is 0 Å². The van der Waals surface area contributed by atoms with Crippen LogP contribution in [0.1, 0.15) is 5.56 Å². The first-order valence-corrected chi connectivity index (χ1v) is 19.2. The second-order valence-electron chi connectivity index (χ2n) is 14.5. The predicted octanol–water partition coefficient (Wildman–Crippen LogP) is 12.7. The monoisotopic (exact) mass is 716 g/mol. The summed E-state index contributed by atoms with van der Waals surface area (Å²) in [7, 11) is 0. The van der Waals surface area contributed by atoms with Crippen LogP contribution < -0.4 is 5.32 Å². The van der Waals surface area contributed by atoms with Crippen LogP contribution in [0.5, 0.6) is 0 Å². The number of nitrogens with one attached hydrogen (secondary N) is 1. The van der Waals surface area contributed by atoms with Crippen LogP contribution >= 0.6 is 0 Å². The number of hydrogen-bond acceptors (Lipinski definition) is 2. The molecule has 0 saturated carbocycles. The van der Waals surface area contributed by atoms with Gasteiger partial charge in [0, 0.05) is 40.0 Å². The van der Waals surface area contributed by atoms with Gasteiger partial charge >= 0.3 is 0 Å². The van der Waals surface area contributed by atoms with E-state index >= 15 is 0 Å². The molecule has 1 aliphatic rings. The van der Waals surface area contributed by atoms with Gasteiger partial charge in [-0.15, -0.1) is 0 Å². The molecule has 0 spiro atoms. The van der Waals surface area contributed by atoms with Gasteiger partial charge in [-0.2, -0.15) is 0 Å². The zero-order valence-electron chi connectivity index (χ0n) is 30.6. The zero-order valence-corrected chi connectivity index (χ0v) is 30.6. The fourth-order valence-corrected chi connectivity index (χ4v) is 8.51. The Morgan fingerprint density at radius 3 is 1.39 bits per heavy atom. The molecular formula is C52H36N4. The SMILES string of the molecule is C1=C(c2cc(-c3ccccc3)cc(-c3ccccc3)c2)CNC(n2c3ccccc3c3cc(-c4ccc(-n5c6ccccc6c6ccccc65)cc4)ccc32)=N1. The molecule has 10 aromatic rings. The smallest absolute Gasteiger partial charge is 0.208 e. The van der Waals surface area contributed by atoms with Crippen molar-refractivity contribution in [1.29, 1.82) is 0 Å². The Hall–Kier alpha value is -7.43. The van der Waals surface area contributed by atoms with Crippen LogP contribution in [-0.4, -0.2) is 21.6 Å². The summed E-state index contributed by atoms with van der Waals surface area (Å²) in [6.45, 7) is 0.662. The maximum absolute atomic E-state index is 5.10. The molecule has 3 heterocycles. The molecule has 11 rings (SSSR count). The van der Waals surface area contributed by atoms with E-state index < -0.39 is 0 Å². The van der Waals surface area contributed by atoms with Crippen molar-refractivity contribution in [3.05, 3.63) is 206 Å². The molecule has 1 aliphatic heterocycles. The van der Waals surface area contributed by atoms with Gasteiger partial charge < -0.3 is 9.88 Å². The van der Waals surface area contributed by atoms with Crippen molar-refractivity contribution in [2.45, 2.75) is 0 Å². The number of nitrogens with zero attached hydrogens (tertiary/aromatic N) is 3. The van der Waals surface area contributed by atoms with Gasteiger partial charge in [0.1, 0.15) is 0 Å². The number of aliphatic imine (C=N–C) groups is 1. The van der Waals surface area contributed by atoms with E-state index in [1.807, 2.05) is 6.20 Å². The molecule has 56 heavy (non-hydrogen) atoms. The molecule has 0 saturated heterocycles. The van der Waals surface area contributed by atoms with E-state index in [9.17, 15) is 0 Å². The van der Waals surface area contributed by atoms with Gasteiger partial charge in [0.25, 0.3) is 0 Å². The van der Waals surface area contributed by atoms with Gasteiger partial charge in [-0.3, -0.25) is 4.57 Å². The van der Waals surface area contributed by atoms with Gasteiger partial charge in [-0.05, 0) is 105 Å². The van der Waals surface area contributed by atoms with Crippen LogP contribution in [-0.2, 0) is 0 Å². The summed E-state index contributed by atoms with van der Waals surface area (Å²) in [5.74, 6) is 0.825. The Balaban J connectivity index is 0.965. The fourth-order valence-electron chi connectivity index (χ4n) is 8.51. The van der Waals surface area contributed by atoms with E-state index in [4.69, 9.17) is 4.99 Å². The number of rotatable bonds is 5. The van der Waals surface area contributed by atoms with Crippen molar-refractivity contribution in [3.63, 3.8) is 0 Å². The average Bonchev–Trinajstić information content (AvgIpc) is 3.80. The second-order valence-corrected chi connectivity index (χ2v) is 14.5. The van der Waals surface area contributed by atoms with Crippen molar-refractivity contribution >= 4 is 55.1 Å². The largest absolute Gasteiger partial charge is 0.351 e. The van der Waals surface area contributed by atoms with Crippen LogP contribution in [0.4, 0.5) is 0 Å². The highest BCUT2D eigenvalue weighted by atomic mass is 15.2. The number of para-hydroxylation sites is 3. The molecule has 8 aromatic carbocycles. The van der Waals surface area contributed by atoms with Gasteiger partial charge in [-0.1, -0.05) is 133 Å². The third kappa shape index (κ3) is 5.34. The Labute approximate surface area is 324 Å². The summed E-state index contributed by atoms with van der Waals surface area (Å²) in [6.07, 6.45) is 2.04. The van der Waals surface area contributed by atoms with Crippen molar-refractivity contribution in [1.82, 2.24) is 14.5 Å². The van der Waals surface area contributed by atoms with Crippen LogP contribution in [0.2, 0.25) is 0 Å². The standard InChI is InChI=1S/C52H36N4/c1-3-13-35(14-4-1)39-29-40(36-15-5-2-6-16-36)31-41(30-39)42-33-53-52(54-34-42)56-50-22-12-9-19-46(50)47-32-38(25-28-51(47)56)37-23-26-43(27-24-37)55-48-20-10-7-17-44(48)45-18-8-11-21-49(45)55/h1-33H,34H2,(H,53,54). The Morgan fingerprint density at radius 2 is 0.821 bits per heavy atom. The quantitative estimate of drug-likeness (QED) is 0.189. The van der Waals surface area contributed by atoms with Crippen molar-refractivity contribution in [3.8, 4) is 39.1 Å². The first kappa shape index (κ1) is 32.0. The maximum Gasteiger partial charge on any atom is 0.208 e. The van der Waals surface area contributed by atoms with Gasteiger partial charge in [0.15, 0.2) is 0 Å². The van der Waals surface area contributed by atoms with Crippen LogP contribution in [0.3, 0.4) is 0 Å². The van der Waals surface area contributed by atoms with Gasteiger partial charge in [-0.25, -0.2) is 4.99 Å². The minimum atomic E-state index is 0.662. The van der Waals surface area contributed by atoms with E-state index in [-0.39, 0.29) is 0 Å². The molecule has 264 valence electrons. The number of fused-ring (bicyclic) bond motifs is 6. The molecule has 4 heteroatoms. The van der Waals surface area contributed by atoms with Crippen LogP contribution in [0.25, 0.3) is 88.3 Å². The summed E-state index contributed by atoms with van der Waals surface area (Å²) in [5.41, 5.74) is 15.3. The lowest BCUT2D eigenvalue weighted by molar-refractivity contribution is 0.967. The molecule has 0 amide bonds. The minimum absolute atomic E-state index is 0.662. The Morgan fingerprint density at radius 1 is 0.357 bits per heavy atom. The second kappa shape index (κ2) is 13.2. The summed E-state index contributed by atoms with van der Waals surface area (Å²) in [6, 6.07) is 69.8. The molecule has 0 unspecified atom stereocenters. The maximum atomic E-state index is 5.10. The predicted molar refractivity (Wildman–Crippen MR) is 235 cm³/mol. The Bertz CT molecular complexity index is 3050. The topological polar surface area (TPSA) is 34.2 Å². The lowest BCUT2D eigenvalue weighted by atomic mass is 9.93. The lowest BCUT2D eigenvalue weighted by Crippen LogP contribution is -2.33. The molecule has 4 nitrogen and oxygen atoms in total. The summed E-state index contributed by atoms with van der Waals surface area (Å²) in [4.78, 5) is 5.10. The average molecular weight is 717 g/mol. The number of hydrogen-bond donors (Lipinski definition) is 1. The molecule has 0 aliphatic carbocycles. The molecular weight excluding hydrogens is 681 g/mol. The van der Waals surface area contributed by atoms with E-state index in [1.165, 1.54) is 66.0 Å². The summed E-state index contributed by atoms with van der Waals surface area (Å²) in [5, 5.41) is 8.65. The number of benzene rings is 8. The number of aromatic nitrogens is 2. The van der Waals surface area contributed by atoms with Gasteiger partial charge in [0.2, 0.25) is 5.96 Å². The minimum Gasteiger partial charge on any atom is -0.351 e. The zero-order chi connectivity index (χ0) is 37.0. The normalized spacial score (nSPS) is 12.9. The fraction of sp³-hybridized carbons (Fsp3) is 0.0192. The van der Waals surface area contributed by atoms with E-state index in [0.29, 0.717) is 6.54 Å². The van der Waals surface area contributed by atoms with Crippen molar-refractivity contribution in [2.24, 2.45) is 4.99 Å². The molecule has 2 aromatic heterocycles. The molecule has 0 radical (unpaired) electrons. The third-order valence-electron chi connectivity index (χ3n) is 11.2. The van der Waals surface area contributed by atoms with E-state index in [0.717, 1.165) is 33.8 Å². The molecule has 1 N–H and O–H groups in total. The third-order valence-corrected chi connectivity index (χ3v) is 11.2. The highest BCUT2D eigenvalue weighted by molar-refractivity contribution is 6.15. The van der Waals surface area contributed by atoms with E-state index in [1.54, 1.807) is 0 Å². The highest BCUT2D eigenvalue weighted by Gasteiger charge is 2.19. The molecule has 0 atom stereocenters. The van der Waals surface area contributed by atoms with Gasteiger partial charge in [0.05, 0.1) is 22.1 Å². The van der Waals surface area contributed by atoms with Crippen molar-refractivity contribution in [2.75, 3.05) is 6.54 Å². The highest BCUT2D eigenvalue weighted by Crippen LogP contribution is 2.36. The summed E-state index contributed by atoms with van der Waals surface area (Å²) >= 11 is 0. The van der Waals surface area contributed by atoms with Crippen LogP contribution in [0.15, 0.2) is 205 Å².